The predicted molar refractivity (Wildman–Crippen MR) is 52.3 cm³/mol. The molecule has 0 aliphatic carbocycles. The SMILES string of the molecule is Cn1cc(C#N)c2cc(C#N)ccc21. The number of hydrogen-bond donors (Lipinski definition) is 0. The van der Waals surface area contributed by atoms with E-state index in [0.717, 1.165) is 10.9 Å². The van der Waals surface area contributed by atoms with E-state index in [9.17, 15) is 0 Å². The Morgan fingerprint density at radius 2 is 2.00 bits per heavy atom. The van der Waals surface area contributed by atoms with Gasteiger partial charge < -0.3 is 4.57 Å². The van der Waals surface area contributed by atoms with Gasteiger partial charge in [-0.3, -0.25) is 0 Å². The van der Waals surface area contributed by atoms with Crippen LogP contribution in [0.15, 0.2) is 24.4 Å². The highest BCUT2D eigenvalue weighted by Gasteiger charge is 2.05. The Bertz CT molecular complexity index is 579. The number of fused-ring (bicyclic) bond motifs is 1. The molecule has 3 heteroatoms. The Labute approximate surface area is 81.4 Å². The molecule has 2 aromatic rings. The maximum absolute atomic E-state index is 8.87. The first-order valence-corrected chi connectivity index (χ1v) is 4.15. The van der Waals surface area contributed by atoms with Gasteiger partial charge in [-0.1, -0.05) is 0 Å². The highest BCUT2D eigenvalue weighted by Crippen LogP contribution is 2.20. The van der Waals surface area contributed by atoms with Gasteiger partial charge in [-0.2, -0.15) is 10.5 Å². The van der Waals surface area contributed by atoms with E-state index in [1.54, 1.807) is 18.3 Å². The van der Waals surface area contributed by atoms with E-state index in [-0.39, 0.29) is 0 Å². The van der Waals surface area contributed by atoms with Crippen molar-refractivity contribution in [3.8, 4) is 12.1 Å². The molecule has 0 fully saturated rings. The molecular weight excluding hydrogens is 174 g/mol. The topological polar surface area (TPSA) is 52.5 Å². The maximum Gasteiger partial charge on any atom is 0.101 e. The molecule has 1 aromatic heterocycles. The summed E-state index contributed by atoms with van der Waals surface area (Å²) in [5.74, 6) is 0. The van der Waals surface area contributed by atoms with Crippen molar-refractivity contribution in [2.75, 3.05) is 0 Å². The molecule has 0 amide bonds. The van der Waals surface area contributed by atoms with Crippen LogP contribution in [0.3, 0.4) is 0 Å². The second-order valence-electron chi connectivity index (χ2n) is 3.11. The molecule has 0 aliphatic rings. The van der Waals surface area contributed by atoms with Gasteiger partial charge in [0.2, 0.25) is 0 Å². The number of nitrogens with zero attached hydrogens (tertiary/aromatic N) is 3. The molecule has 1 aromatic carbocycles. The van der Waals surface area contributed by atoms with Crippen molar-refractivity contribution in [1.82, 2.24) is 4.57 Å². The first-order valence-electron chi connectivity index (χ1n) is 4.15. The van der Waals surface area contributed by atoms with Gasteiger partial charge in [0.15, 0.2) is 0 Å². The second-order valence-corrected chi connectivity index (χ2v) is 3.11. The monoisotopic (exact) mass is 181 g/mol. The average molecular weight is 181 g/mol. The van der Waals surface area contributed by atoms with E-state index in [0.29, 0.717) is 11.1 Å². The van der Waals surface area contributed by atoms with Gasteiger partial charge in [-0.15, -0.1) is 0 Å². The van der Waals surface area contributed by atoms with Crippen LogP contribution in [0.1, 0.15) is 11.1 Å². The third-order valence-corrected chi connectivity index (χ3v) is 2.24. The summed E-state index contributed by atoms with van der Waals surface area (Å²) >= 11 is 0. The van der Waals surface area contributed by atoms with E-state index in [4.69, 9.17) is 10.5 Å². The summed E-state index contributed by atoms with van der Waals surface area (Å²) in [4.78, 5) is 0. The summed E-state index contributed by atoms with van der Waals surface area (Å²) in [5, 5.41) is 18.4. The molecule has 0 N–H and O–H groups in total. The summed E-state index contributed by atoms with van der Waals surface area (Å²) in [7, 11) is 1.88. The maximum atomic E-state index is 8.87. The number of aryl methyl sites for hydroxylation is 1. The van der Waals surface area contributed by atoms with Crippen LogP contribution in [0.25, 0.3) is 10.9 Å². The van der Waals surface area contributed by atoms with Gasteiger partial charge in [-0.05, 0) is 18.2 Å². The van der Waals surface area contributed by atoms with Crippen LogP contribution in [0.5, 0.6) is 0 Å². The molecule has 0 bridgehead atoms. The van der Waals surface area contributed by atoms with E-state index < -0.39 is 0 Å². The largest absolute Gasteiger partial charge is 0.349 e. The van der Waals surface area contributed by atoms with Crippen molar-refractivity contribution in [2.24, 2.45) is 7.05 Å². The fraction of sp³-hybridized carbons (Fsp3) is 0.0909. The number of benzene rings is 1. The van der Waals surface area contributed by atoms with Gasteiger partial charge >= 0.3 is 0 Å². The van der Waals surface area contributed by atoms with Crippen molar-refractivity contribution in [3.63, 3.8) is 0 Å². The molecule has 0 radical (unpaired) electrons. The Balaban J connectivity index is 2.88. The molecule has 0 saturated heterocycles. The van der Waals surface area contributed by atoms with Gasteiger partial charge in [0.1, 0.15) is 6.07 Å². The fourth-order valence-corrected chi connectivity index (χ4v) is 1.55. The standard InChI is InChI=1S/C11H7N3/c1-14-7-9(6-13)10-4-8(5-12)2-3-11(10)14/h2-4,7H,1H3. The molecule has 0 aliphatic heterocycles. The third kappa shape index (κ3) is 1.04. The zero-order valence-electron chi connectivity index (χ0n) is 7.65. The van der Waals surface area contributed by atoms with Crippen LogP contribution in [-0.2, 0) is 7.05 Å². The predicted octanol–water partition coefficient (Wildman–Crippen LogP) is 1.92. The lowest BCUT2D eigenvalue weighted by atomic mass is 10.1. The first kappa shape index (κ1) is 8.34. The van der Waals surface area contributed by atoms with E-state index >= 15 is 0 Å². The Hall–Kier alpha value is -2.26. The first-order chi connectivity index (χ1) is 6.76. The van der Waals surface area contributed by atoms with Crippen LogP contribution >= 0.6 is 0 Å². The van der Waals surface area contributed by atoms with Crippen LogP contribution in [-0.4, -0.2) is 4.57 Å². The van der Waals surface area contributed by atoms with Crippen LogP contribution in [0, 0.1) is 22.7 Å². The fourth-order valence-electron chi connectivity index (χ4n) is 1.55. The van der Waals surface area contributed by atoms with Crippen LogP contribution in [0.4, 0.5) is 0 Å². The van der Waals surface area contributed by atoms with Gasteiger partial charge in [0.25, 0.3) is 0 Å². The molecule has 0 atom stereocenters. The summed E-state index contributed by atoms with van der Waals surface area (Å²) in [5.41, 5.74) is 2.17. The van der Waals surface area contributed by atoms with Crippen molar-refractivity contribution in [1.29, 1.82) is 10.5 Å². The van der Waals surface area contributed by atoms with Crippen LogP contribution in [0.2, 0.25) is 0 Å². The molecule has 0 unspecified atom stereocenters. The number of nitriles is 2. The minimum Gasteiger partial charge on any atom is -0.349 e. The lowest BCUT2D eigenvalue weighted by molar-refractivity contribution is 0.967. The average Bonchev–Trinajstić information content (AvgIpc) is 2.55. The zero-order chi connectivity index (χ0) is 10.1. The van der Waals surface area contributed by atoms with Gasteiger partial charge in [0.05, 0.1) is 17.2 Å². The summed E-state index contributed by atoms with van der Waals surface area (Å²) in [6.07, 6.45) is 1.77. The lowest BCUT2D eigenvalue weighted by Crippen LogP contribution is -1.83. The number of rotatable bonds is 0. The summed E-state index contributed by atoms with van der Waals surface area (Å²) < 4.78 is 1.88. The Kier molecular flexibility index (Phi) is 1.73. The minimum atomic E-state index is 0.584. The molecule has 2 rings (SSSR count). The highest BCUT2D eigenvalue weighted by atomic mass is 14.9. The third-order valence-electron chi connectivity index (χ3n) is 2.24. The Morgan fingerprint density at radius 3 is 2.64 bits per heavy atom. The minimum absolute atomic E-state index is 0.584. The van der Waals surface area contributed by atoms with Crippen LogP contribution < -0.4 is 0 Å². The van der Waals surface area contributed by atoms with Crippen molar-refractivity contribution in [2.45, 2.75) is 0 Å². The molecule has 14 heavy (non-hydrogen) atoms. The number of hydrogen-bond acceptors (Lipinski definition) is 2. The summed E-state index contributed by atoms with van der Waals surface area (Å²) in [6.45, 7) is 0. The zero-order valence-corrected chi connectivity index (χ0v) is 7.65. The normalized spacial score (nSPS) is 9.64. The molecule has 0 spiro atoms. The van der Waals surface area contributed by atoms with E-state index in [2.05, 4.69) is 12.1 Å². The molecule has 1 heterocycles. The summed E-state index contributed by atoms with van der Waals surface area (Å²) in [6, 6.07) is 9.53. The van der Waals surface area contributed by atoms with Crippen molar-refractivity contribution < 1.29 is 0 Å². The van der Waals surface area contributed by atoms with E-state index in [1.807, 2.05) is 17.7 Å². The second kappa shape index (κ2) is 2.90. The number of aromatic nitrogens is 1. The van der Waals surface area contributed by atoms with Crippen molar-refractivity contribution in [3.05, 3.63) is 35.5 Å². The van der Waals surface area contributed by atoms with Gasteiger partial charge in [-0.25, -0.2) is 0 Å². The Morgan fingerprint density at radius 1 is 1.21 bits per heavy atom. The highest BCUT2D eigenvalue weighted by molar-refractivity contribution is 5.87. The quantitative estimate of drug-likeness (QED) is 0.623. The van der Waals surface area contributed by atoms with E-state index in [1.165, 1.54) is 0 Å². The molecule has 66 valence electrons. The smallest absolute Gasteiger partial charge is 0.101 e. The van der Waals surface area contributed by atoms with Gasteiger partial charge in [0, 0.05) is 24.1 Å². The van der Waals surface area contributed by atoms with Crippen molar-refractivity contribution >= 4 is 10.9 Å². The molecular formula is C11H7N3. The molecule has 3 nitrogen and oxygen atoms in total. The molecule has 0 saturated carbocycles. The lowest BCUT2D eigenvalue weighted by Gasteiger charge is -1.94.